The Hall–Kier alpha value is -2.72. The Bertz CT molecular complexity index is 881. The van der Waals surface area contributed by atoms with Crippen LogP contribution in [0.25, 0.3) is 0 Å². The zero-order valence-corrected chi connectivity index (χ0v) is 18.7. The number of ketones is 1. The number of allylic oxidation sites excluding steroid dienone is 1. The van der Waals surface area contributed by atoms with Gasteiger partial charge in [0.05, 0.1) is 6.04 Å². The molecule has 0 bridgehead atoms. The predicted octanol–water partition coefficient (Wildman–Crippen LogP) is 4.67. The number of carbonyl (C=O) groups is 2. The van der Waals surface area contributed by atoms with Crippen molar-refractivity contribution in [2.45, 2.75) is 58.7 Å². The standard InChI is InChI=1S/C27H34N2O2/c1-3-20(2)27(28)25(30)17-22(14-13-21-9-5-4-6-10-21)15-16-26(31)29-18-23-11-7-8-12-24(23)19-29/h4-12,15-16,20,22,27H,3,13-14,17-19,28H2,1-2H3/b16-15+/t20-,22+,27+/m1/s1. The normalized spacial score (nSPS) is 16.2. The number of nitrogens with two attached hydrogens (primary N) is 1. The summed E-state index contributed by atoms with van der Waals surface area (Å²) < 4.78 is 0. The maximum atomic E-state index is 12.8. The van der Waals surface area contributed by atoms with E-state index in [-0.39, 0.29) is 23.5 Å². The molecule has 2 aromatic rings. The molecule has 164 valence electrons. The number of carbonyl (C=O) groups excluding carboxylic acids is 2. The van der Waals surface area contributed by atoms with Crippen molar-refractivity contribution in [1.82, 2.24) is 4.90 Å². The molecule has 1 aliphatic heterocycles. The minimum absolute atomic E-state index is 0.000384. The first-order chi connectivity index (χ1) is 15.0. The number of amides is 1. The summed E-state index contributed by atoms with van der Waals surface area (Å²) in [5, 5.41) is 0. The lowest BCUT2D eigenvalue weighted by molar-refractivity contribution is -0.126. The minimum Gasteiger partial charge on any atom is -0.330 e. The van der Waals surface area contributed by atoms with E-state index in [1.54, 1.807) is 6.08 Å². The Morgan fingerprint density at radius 3 is 2.26 bits per heavy atom. The maximum Gasteiger partial charge on any atom is 0.246 e. The summed E-state index contributed by atoms with van der Waals surface area (Å²) in [5.41, 5.74) is 9.84. The van der Waals surface area contributed by atoms with Crippen LogP contribution in [0.5, 0.6) is 0 Å². The molecule has 4 heteroatoms. The summed E-state index contributed by atoms with van der Waals surface area (Å²) in [4.78, 5) is 27.4. The van der Waals surface area contributed by atoms with Gasteiger partial charge in [-0.25, -0.2) is 0 Å². The van der Waals surface area contributed by atoms with Crippen LogP contribution in [-0.4, -0.2) is 22.6 Å². The third kappa shape index (κ3) is 6.38. The molecule has 1 aliphatic rings. The molecule has 2 N–H and O–H groups in total. The first-order valence-corrected chi connectivity index (χ1v) is 11.3. The highest BCUT2D eigenvalue weighted by Gasteiger charge is 2.24. The second kappa shape index (κ2) is 11.1. The minimum atomic E-state index is -0.443. The van der Waals surface area contributed by atoms with E-state index in [0.29, 0.717) is 19.5 Å². The average molecular weight is 419 g/mol. The molecule has 0 unspecified atom stereocenters. The molecule has 0 saturated heterocycles. The monoisotopic (exact) mass is 418 g/mol. The zero-order valence-electron chi connectivity index (χ0n) is 18.7. The van der Waals surface area contributed by atoms with Crippen molar-refractivity contribution in [2.24, 2.45) is 17.6 Å². The Morgan fingerprint density at radius 1 is 1.03 bits per heavy atom. The predicted molar refractivity (Wildman–Crippen MR) is 125 cm³/mol. The highest BCUT2D eigenvalue weighted by Crippen LogP contribution is 2.23. The highest BCUT2D eigenvalue weighted by molar-refractivity contribution is 5.88. The van der Waals surface area contributed by atoms with E-state index in [1.165, 1.54) is 16.7 Å². The topological polar surface area (TPSA) is 63.4 Å². The van der Waals surface area contributed by atoms with Gasteiger partial charge in [-0.05, 0) is 47.4 Å². The summed E-state index contributed by atoms with van der Waals surface area (Å²) in [5.74, 6) is 0.241. The van der Waals surface area contributed by atoms with Gasteiger partial charge in [0.2, 0.25) is 5.91 Å². The number of benzene rings is 2. The van der Waals surface area contributed by atoms with E-state index in [4.69, 9.17) is 5.73 Å². The van der Waals surface area contributed by atoms with Crippen LogP contribution in [0.1, 0.15) is 49.8 Å². The van der Waals surface area contributed by atoms with Gasteiger partial charge in [-0.1, -0.05) is 80.9 Å². The molecule has 1 amide bonds. The van der Waals surface area contributed by atoms with E-state index in [1.807, 2.05) is 48.2 Å². The third-order valence-corrected chi connectivity index (χ3v) is 6.40. The molecular weight excluding hydrogens is 384 g/mol. The van der Waals surface area contributed by atoms with Crippen LogP contribution < -0.4 is 5.73 Å². The molecule has 0 spiro atoms. The first-order valence-electron chi connectivity index (χ1n) is 11.3. The van der Waals surface area contributed by atoms with E-state index in [9.17, 15) is 9.59 Å². The van der Waals surface area contributed by atoms with Crippen LogP contribution in [0.3, 0.4) is 0 Å². The molecule has 3 rings (SSSR count). The molecule has 0 aliphatic carbocycles. The lowest BCUT2D eigenvalue weighted by Crippen LogP contribution is -2.37. The van der Waals surface area contributed by atoms with Crippen molar-refractivity contribution in [1.29, 1.82) is 0 Å². The Balaban J connectivity index is 1.65. The molecule has 31 heavy (non-hydrogen) atoms. The maximum absolute atomic E-state index is 12.8. The number of hydrogen-bond acceptors (Lipinski definition) is 3. The number of hydrogen-bond donors (Lipinski definition) is 1. The second-order valence-corrected chi connectivity index (χ2v) is 8.69. The molecule has 0 radical (unpaired) electrons. The Labute approximate surface area is 186 Å². The van der Waals surface area contributed by atoms with Gasteiger partial charge < -0.3 is 10.6 Å². The van der Waals surface area contributed by atoms with Gasteiger partial charge in [0.1, 0.15) is 5.78 Å². The van der Waals surface area contributed by atoms with Crippen LogP contribution in [0, 0.1) is 11.8 Å². The number of nitrogens with zero attached hydrogens (tertiary/aromatic N) is 1. The second-order valence-electron chi connectivity index (χ2n) is 8.69. The highest BCUT2D eigenvalue weighted by atomic mass is 16.2. The van der Waals surface area contributed by atoms with Crippen LogP contribution in [-0.2, 0) is 29.1 Å². The Kier molecular flexibility index (Phi) is 8.19. The SMILES string of the molecule is CC[C@@H](C)[C@H](N)C(=O)C[C@H](/C=C/C(=O)N1Cc2ccccc2C1)CCc1ccccc1. The van der Waals surface area contributed by atoms with Gasteiger partial charge in [-0.15, -0.1) is 0 Å². The zero-order chi connectivity index (χ0) is 22.2. The lowest BCUT2D eigenvalue weighted by atomic mass is 9.88. The molecular formula is C27H34N2O2. The van der Waals surface area contributed by atoms with Crippen LogP contribution >= 0.6 is 0 Å². The van der Waals surface area contributed by atoms with Crippen molar-refractivity contribution in [3.05, 3.63) is 83.4 Å². The van der Waals surface area contributed by atoms with Gasteiger partial charge in [0, 0.05) is 19.5 Å². The number of Topliss-reactive ketones (excluding diaryl/α,β-unsaturated/α-hetero) is 1. The van der Waals surface area contributed by atoms with E-state index in [0.717, 1.165) is 19.3 Å². The summed E-state index contributed by atoms with van der Waals surface area (Å²) in [7, 11) is 0. The fraction of sp³-hybridized carbons (Fsp3) is 0.407. The van der Waals surface area contributed by atoms with Crippen LogP contribution in [0.4, 0.5) is 0 Å². The van der Waals surface area contributed by atoms with Crippen LogP contribution in [0.15, 0.2) is 66.7 Å². The number of aryl methyl sites for hydroxylation is 1. The van der Waals surface area contributed by atoms with E-state index in [2.05, 4.69) is 31.2 Å². The summed E-state index contributed by atoms with van der Waals surface area (Å²) >= 11 is 0. The van der Waals surface area contributed by atoms with Crippen molar-refractivity contribution in [3.8, 4) is 0 Å². The van der Waals surface area contributed by atoms with Gasteiger partial charge in [-0.3, -0.25) is 9.59 Å². The fourth-order valence-corrected chi connectivity index (χ4v) is 4.04. The average Bonchev–Trinajstić information content (AvgIpc) is 3.24. The third-order valence-electron chi connectivity index (χ3n) is 6.40. The Morgan fingerprint density at radius 2 is 1.65 bits per heavy atom. The summed E-state index contributed by atoms with van der Waals surface area (Å²) in [6, 6.07) is 18.0. The first kappa shape index (κ1) is 23.0. The number of fused-ring (bicyclic) bond motifs is 1. The lowest BCUT2D eigenvalue weighted by Gasteiger charge is -2.20. The van der Waals surface area contributed by atoms with Crippen LogP contribution in [0.2, 0.25) is 0 Å². The molecule has 0 saturated carbocycles. The molecule has 4 nitrogen and oxygen atoms in total. The van der Waals surface area contributed by atoms with Gasteiger partial charge in [-0.2, -0.15) is 0 Å². The van der Waals surface area contributed by atoms with Crippen molar-refractivity contribution >= 4 is 11.7 Å². The molecule has 1 heterocycles. The summed E-state index contributed by atoms with van der Waals surface area (Å²) in [6.45, 7) is 5.36. The molecule has 0 aromatic heterocycles. The van der Waals surface area contributed by atoms with Crippen molar-refractivity contribution in [2.75, 3.05) is 0 Å². The molecule has 3 atom stereocenters. The van der Waals surface area contributed by atoms with E-state index >= 15 is 0 Å². The summed E-state index contributed by atoms with van der Waals surface area (Å²) in [6.07, 6.45) is 6.52. The largest absolute Gasteiger partial charge is 0.330 e. The van der Waals surface area contributed by atoms with Crippen molar-refractivity contribution < 1.29 is 9.59 Å². The van der Waals surface area contributed by atoms with Gasteiger partial charge in [0.25, 0.3) is 0 Å². The smallest absolute Gasteiger partial charge is 0.246 e. The quantitative estimate of drug-likeness (QED) is 0.571. The molecule has 0 fully saturated rings. The number of rotatable bonds is 10. The van der Waals surface area contributed by atoms with Gasteiger partial charge in [0.15, 0.2) is 0 Å². The molecule has 2 aromatic carbocycles. The van der Waals surface area contributed by atoms with Crippen molar-refractivity contribution in [3.63, 3.8) is 0 Å². The fourth-order valence-electron chi connectivity index (χ4n) is 4.04. The van der Waals surface area contributed by atoms with Gasteiger partial charge >= 0.3 is 0 Å². The van der Waals surface area contributed by atoms with E-state index < -0.39 is 6.04 Å².